The molecule has 2 nitrogen and oxygen atoms in total. The van der Waals surface area contributed by atoms with Crippen LogP contribution in [0.15, 0.2) is 66.2 Å². The lowest BCUT2D eigenvalue weighted by molar-refractivity contribution is -0.146. The third-order valence-corrected chi connectivity index (χ3v) is 3.82. The summed E-state index contributed by atoms with van der Waals surface area (Å²) in [6, 6.07) is 20.5. The van der Waals surface area contributed by atoms with E-state index < -0.39 is 5.60 Å². The summed E-state index contributed by atoms with van der Waals surface area (Å²) < 4.78 is 5.49. The standard InChI is InChI=1S/C19H18O2/c1-14(20)21-19(2)13-17(19)18(15-9-5-3-6-10-15)16-11-7-4-8-12-16/h3-12H,13H2,1-2H3/t19-/m0/s1. The molecule has 0 amide bonds. The second-order valence-corrected chi connectivity index (χ2v) is 5.59. The molecule has 0 aromatic heterocycles. The fourth-order valence-corrected chi connectivity index (χ4v) is 2.79. The number of benzene rings is 2. The highest BCUT2D eigenvalue weighted by Gasteiger charge is 2.50. The van der Waals surface area contributed by atoms with Gasteiger partial charge in [0.1, 0.15) is 5.60 Å². The van der Waals surface area contributed by atoms with E-state index in [1.165, 1.54) is 18.1 Å². The van der Waals surface area contributed by atoms with Crippen molar-refractivity contribution in [2.75, 3.05) is 0 Å². The average Bonchev–Trinajstić information content (AvgIpc) is 3.11. The molecular formula is C19H18O2. The van der Waals surface area contributed by atoms with Gasteiger partial charge in [-0.2, -0.15) is 0 Å². The summed E-state index contributed by atoms with van der Waals surface area (Å²) in [6.45, 7) is 3.45. The Hall–Kier alpha value is -2.35. The van der Waals surface area contributed by atoms with Crippen molar-refractivity contribution in [1.29, 1.82) is 0 Å². The first-order valence-corrected chi connectivity index (χ1v) is 7.14. The molecule has 0 bridgehead atoms. The molecule has 1 aliphatic rings. The molecular weight excluding hydrogens is 260 g/mol. The largest absolute Gasteiger partial charge is 0.455 e. The number of carbonyl (C=O) groups excluding carboxylic acids is 1. The highest BCUT2D eigenvalue weighted by molar-refractivity contribution is 5.86. The van der Waals surface area contributed by atoms with Gasteiger partial charge in [-0.25, -0.2) is 0 Å². The van der Waals surface area contributed by atoms with Crippen molar-refractivity contribution >= 4 is 11.5 Å². The molecule has 0 spiro atoms. The Morgan fingerprint density at radius 3 is 1.86 bits per heavy atom. The van der Waals surface area contributed by atoms with E-state index in [2.05, 4.69) is 24.3 Å². The molecule has 2 heteroatoms. The quantitative estimate of drug-likeness (QED) is 0.786. The third-order valence-electron chi connectivity index (χ3n) is 3.82. The maximum Gasteiger partial charge on any atom is 0.303 e. The van der Waals surface area contributed by atoms with E-state index in [0.29, 0.717) is 0 Å². The van der Waals surface area contributed by atoms with E-state index in [1.54, 1.807) is 0 Å². The Kier molecular flexibility index (Phi) is 3.38. The molecule has 1 aliphatic carbocycles. The van der Waals surface area contributed by atoms with Gasteiger partial charge in [-0.15, -0.1) is 0 Å². The smallest absolute Gasteiger partial charge is 0.303 e. The van der Waals surface area contributed by atoms with E-state index >= 15 is 0 Å². The first kappa shape index (κ1) is 13.6. The average molecular weight is 278 g/mol. The molecule has 2 aromatic carbocycles. The van der Waals surface area contributed by atoms with E-state index in [4.69, 9.17) is 4.74 Å². The maximum absolute atomic E-state index is 11.3. The van der Waals surface area contributed by atoms with Crippen molar-refractivity contribution < 1.29 is 9.53 Å². The van der Waals surface area contributed by atoms with Gasteiger partial charge in [0.15, 0.2) is 0 Å². The van der Waals surface area contributed by atoms with Gasteiger partial charge < -0.3 is 4.74 Å². The fourth-order valence-electron chi connectivity index (χ4n) is 2.79. The van der Waals surface area contributed by atoms with E-state index in [9.17, 15) is 4.79 Å². The topological polar surface area (TPSA) is 26.3 Å². The van der Waals surface area contributed by atoms with Crippen LogP contribution < -0.4 is 0 Å². The van der Waals surface area contributed by atoms with Crippen LogP contribution >= 0.6 is 0 Å². The summed E-state index contributed by atoms with van der Waals surface area (Å²) >= 11 is 0. The number of hydrogen-bond acceptors (Lipinski definition) is 2. The summed E-state index contributed by atoms with van der Waals surface area (Å²) in [4.78, 5) is 11.3. The molecule has 0 radical (unpaired) electrons. The molecule has 0 heterocycles. The zero-order valence-electron chi connectivity index (χ0n) is 12.3. The first-order chi connectivity index (χ1) is 10.1. The summed E-state index contributed by atoms with van der Waals surface area (Å²) in [5.74, 6) is -0.229. The van der Waals surface area contributed by atoms with E-state index in [1.807, 2.05) is 43.3 Å². The normalized spacial score (nSPS) is 20.0. The highest BCUT2D eigenvalue weighted by Crippen LogP contribution is 2.51. The SMILES string of the molecule is CC(=O)O[C@@]1(C)CC1=C(c1ccccc1)c1ccccc1. The Balaban J connectivity index is 2.10. The first-order valence-electron chi connectivity index (χ1n) is 7.14. The number of hydrogen-bond donors (Lipinski definition) is 0. The molecule has 0 unspecified atom stereocenters. The van der Waals surface area contributed by atoms with Gasteiger partial charge in [0.2, 0.25) is 0 Å². The Morgan fingerprint density at radius 1 is 0.952 bits per heavy atom. The van der Waals surface area contributed by atoms with Crippen molar-refractivity contribution in [2.24, 2.45) is 0 Å². The minimum atomic E-state index is -0.452. The molecule has 0 saturated heterocycles. The van der Waals surface area contributed by atoms with Gasteiger partial charge in [0.05, 0.1) is 0 Å². The van der Waals surface area contributed by atoms with Crippen molar-refractivity contribution in [3.63, 3.8) is 0 Å². The molecule has 2 aromatic rings. The van der Waals surface area contributed by atoms with Crippen molar-refractivity contribution in [3.05, 3.63) is 77.4 Å². The molecule has 106 valence electrons. The third kappa shape index (κ3) is 2.75. The summed E-state index contributed by atoms with van der Waals surface area (Å²) in [7, 11) is 0. The van der Waals surface area contributed by atoms with Crippen molar-refractivity contribution in [1.82, 2.24) is 0 Å². The van der Waals surface area contributed by atoms with Crippen LogP contribution in [-0.4, -0.2) is 11.6 Å². The molecule has 1 fully saturated rings. The molecule has 3 rings (SSSR count). The van der Waals surface area contributed by atoms with Crippen LogP contribution in [0.4, 0.5) is 0 Å². The predicted octanol–water partition coefficient (Wildman–Crippen LogP) is 4.21. The summed E-state index contributed by atoms with van der Waals surface area (Å²) in [5, 5.41) is 0. The summed E-state index contributed by atoms with van der Waals surface area (Å²) in [6.07, 6.45) is 0.797. The molecule has 0 N–H and O–H groups in total. The van der Waals surface area contributed by atoms with E-state index in [-0.39, 0.29) is 5.97 Å². The number of carbonyl (C=O) groups is 1. The maximum atomic E-state index is 11.3. The number of ether oxygens (including phenoxy) is 1. The zero-order chi connectivity index (χ0) is 14.9. The van der Waals surface area contributed by atoms with Gasteiger partial charge in [-0.05, 0) is 29.2 Å². The van der Waals surface area contributed by atoms with Crippen LogP contribution in [0.25, 0.3) is 5.57 Å². The second kappa shape index (κ2) is 5.21. The van der Waals surface area contributed by atoms with Gasteiger partial charge in [0.25, 0.3) is 0 Å². The molecule has 1 saturated carbocycles. The van der Waals surface area contributed by atoms with Crippen LogP contribution in [0.5, 0.6) is 0 Å². The van der Waals surface area contributed by atoms with Gasteiger partial charge in [-0.1, -0.05) is 60.7 Å². The van der Waals surface area contributed by atoms with E-state index in [0.717, 1.165) is 17.5 Å². The van der Waals surface area contributed by atoms with Crippen LogP contribution in [0, 0.1) is 0 Å². The number of rotatable bonds is 3. The Labute approximate surface area is 125 Å². The predicted molar refractivity (Wildman–Crippen MR) is 83.7 cm³/mol. The highest BCUT2D eigenvalue weighted by atomic mass is 16.6. The Morgan fingerprint density at radius 2 is 1.43 bits per heavy atom. The second-order valence-electron chi connectivity index (χ2n) is 5.59. The van der Waals surface area contributed by atoms with Crippen LogP contribution in [0.2, 0.25) is 0 Å². The number of esters is 1. The van der Waals surface area contributed by atoms with Crippen LogP contribution in [-0.2, 0) is 9.53 Å². The fraction of sp³-hybridized carbons (Fsp3) is 0.211. The van der Waals surface area contributed by atoms with Crippen molar-refractivity contribution in [2.45, 2.75) is 25.9 Å². The molecule has 0 aliphatic heterocycles. The monoisotopic (exact) mass is 278 g/mol. The minimum absolute atomic E-state index is 0.229. The molecule has 21 heavy (non-hydrogen) atoms. The summed E-state index contributed by atoms with van der Waals surface area (Å²) in [5.41, 5.74) is 4.24. The lowest BCUT2D eigenvalue weighted by atomic mass is 9.96. The lowest BCUT2D eigenvalue weighted by Gasteiger charge is -2.12. The van der Waals surface area contributed by atoms with Gasteiger partial charge >= 0.3 is 5.97 Å². The molecule has 1 atom stereocenters. The van der Waals surface area contributed by atoms with Crippen LogP contribution in [0.3, 0.4) is 0 Å². The van der Waals surface area contributed by atoms with Crippen molar-refractivity contribution in [3.8, 4) is 0 Å². The van der Waals surface area contributed by atoms with Gasteiger partial charge in [-0.3, -0.25) is 4.79 Å². The zero-order valence-corrected chi connectivity index (χ0v) is 12.3. The Bertz CT molecular complexity index is 645. The van der Waals surface area contributed by atoms with Crippen LogP contribution in [0.1, 0.15) is 31.4 Å². The van der Waals surface area contributed by atoms with Gasteiger partial charge in [0, 0.05) is 13.3 Å². The minimum Gasteiger partial charge on any atom is -0.455 e. The lowest BCUT2D eigenvalue weighted by Crippen LogP contribution is -2.13.